The summed E-state index contributed by atoms with van der Waals surface area (Å²) in [6, 6.07) is 11.9. The molecule has 7 nitrogen and oxygen atoms in total. The van der Waals surface area contributed by atoms with Crippen LogP contribution in [0.2, 0.25) is 0 Å². The van der Waals surface area contributed by atoms with Gasteiger partial charge in [0.2, 0.25) is 5.91 Å². The van der Waals surface area contributed by atoms with Crippen LogP contribution in [0.25, 0.3) is 0 Å². The third-order valence-electron chi connectivity index (χ3n) is 5.75. The van der Waals surface area contributed by atoms with Gasteiger partial charge in [-0.1, -0.05) is 12.1 Å². The molecule has 0 bridgehead atoms. The van der Waals surface area contributed by atoms with E-state index in [0.717, 1.165) is 26.2 Å². The molecule has 0 saturated carbocycles. The molecule has 0 radical (unpaired) electrons. The van der Waals surface area contributed by atoms with Crippen molar-refractivity contribution in [2.24, 2.45) is 0 Å². The lowest BCUT2D eigenvalue weighted by molar-refractivity contribution is -0.133. The maximum Gasteiger partial charge on any atom is 0.289 e. The molecule has 154 valence electrons. The molecule has 2 aromatic rings. The Morgan fingerprint density at radius 3 is 2.28 bits per heavy atom. The first-order valence-electron chi connectivity index (χ1n) is 10.2. The summed E-state index contributed by atoms with van der Waals surface area (Å²) >= 11 is 0. The highest BCUT2D eigenvalue weighted by molar-refractivity contribution is 5.91. The summed E-state index contributed by atoms with van der Waals surface area (Å²) in [5.41, 5.74) is 2.49. The van der Waals surface area contributed by atoms with Crippen molar-refractivity contribution in [2.45, 2.75) is 6.92 Å². The van der Waals surface area contributed by atoms with Crippen LogP contribution >= 0.6 is 0 Å². The monoisotopic (exact) mass is 396 g/mol. The fourth-order valence-corrected chi connectivity index (χ4v) is 4.00. The summed E-state index contributed by atoms with van der Waals surface area (Å²) in [5.74, 6) is 0.481. The van der Waals surface area contributed by atoms with E-state index in [-0.39, 0.29) is 11.8 Å². The lowest BCUT2D eigenvalue weighted by Crippen LogP contribution is -2.54. The van der Waals surface area contributed by atoms with Gasteiger partial charge in [-0.3, -0.25) is 14.5 Å². The minimum Gasteiger partial charge on any atom is -0.459 e. The van der Waals surface area contributed by atoms with E-state index in [1.165, 1.54) is 17.5 Å². The molecule has 2 amide bonds. The van der Waals surface area contributed by atoms with E-state index < -0.39 is 0 Å². The fourth-order valence-electron chi connectivity index (χ4n) is 4.00. The van der Waals surface area contributed by atoms with E-state index in [4.69, 9.17) is 4.42 Å². The second-order valence-electron chi connectivity index (χ2n) is 7.75. The van der Waals surface area contributed by atoms with E-state index in [9.17, 15) is 9.59 Å². The van der Waals surface area contributed by atoms with Gasteiger partial charge in [0.15, 0.2) is 5.76 Å². The SMILES string of the molecule is Cc1cccc(N2CCN(C(=O)CN3CCN(C(=O)c4ccco4)CC3)CC2)c1. The zero-order chi connectivity index (χ0) is 20.2. The molecule has 0 spiro atoms. The molecular weight excluding hydrogens is 368 g/mol. The zero-order valence-corrected chi connectivity index (χ0v) is 16.9. The Morgan fingerprint density at radius 2 is 1.62 bits per heavy atom. The minimum absolute atomic E-state index is 0.0757. The van der Waals surface area contributed by atoms with Crippen LogP contribution in [0, 0.1) is 6.92 Å². The second-order valence-corrected chi connectivity index (χ2v) is 7.75. The number of hydrogen-bond acceptors (Lipinski definition) is 5. The summed E-state index contributed by atoms with van der Waals surface area (Å²) in [6.45, 7) is 8.41. The van der Waals surface area contributed by atoms with E-state index in [1.54, 1.807) is 17.0 Å². The van der Waals surface area contributed by atoms with E-state index in [0.29, 0.717) is 38.5 Å². The third-order valence-corrected chi connectivity index (χ3v) is 5.75. The molecule has 2 aliphatic heterocycles. The molecule has 2 aliphatic rings. The van der Waals surface area contributed by atoms with E-state index in [1.807, 2.05) is 4.90 Å². The van der Waals surface area contributed by atoms with E-state index >= 15 is 0 Å². The number of nitrogens with zero attached hydrogens (tertiary/aromatic N) is 4. The summed E-state index contributed by atoms with van der Waals surface area (Å²) in [6.07, 6.45) is 1.51. The maximum atomic E-state index is 12.7. The number of aryl methyl sites for hydroxylation is 1. The van der Waals surface area contributed by atoms with Crippen molar-refractivity contribution in [1.82, 2.24) is 14.7 Å². The van der Waals surface area contributed by atoms with Crippen molar-refractivity contribution in [1.29, 1.82) is 0 Å². The molecule has 0 aliphatic carbocycles. The fraction of sp³-hybridized carbons (Fsp3) is 0.455. The molecule has 1 aromatic carbocycles. The Hall–Kier alpha value is -2.80. The highest BCUT2D eigenvalue weighted by atomic mass is 16.3. The standard InChI is InChI=1S/C22H28N4O3/c1-18-4-2-5-19(16-18)24-11-13-25(14-12-24)21(27)17-23-7-9-26(10-8-23)22(28)20-6-3-15-29-20/h2-6,15-16H,7-14,17H2,1H3. The van der Waals surface area contributed by atoms with Crippen LogP contribution in [0.1, 0.15) is 16.1 Å². The second kappa shape index (κ2) is 8.69. The molecular formula is C22H28N4O3. The molecule has 2 fully saturated rings. The van der Waals surface area contributed by atoms with Gasteiger partial charge in [0.1, 0.15) is 0 Å². The molecule has 29 heavy (non-hydrogen) atoms. The first-order valence-corrected chi connectivity index (χ1v) is 10.2. The van der Waals surface area contributed by atoms with Crippen LogP contribution < -0.4 is 4.90 Å². The largest absolute Gasteiger partial charge is 0.459 e. The number of carbonyl (C=O) groups is 2. The Labute approximate surface area is 171 Å². The number of rotatable bonds is 4. The van der Waals surface area contributed by atoms with Crippen LogP contribution in [-0.4, -0.2) is 85.4 Å². The first kappa shape index (κ1) is 19.5. The predicted molar refractivity (Wildman–Crippen MR) is 111 cm³/mol. The van der Waals surface area contributed by atoms with Crippen LogP contribution in [0.4, 0.5) is 5.69 Å². The number of anilines is 1. The Balaban J connectivity index is 1.22. The van der Waals surface area contributed by atoms with Crippen molar-refractivity contribution in [2.75, 3.05) is 63.8 Å². The normalized spacial score (nSPS) is 18.2. The summed E-state index contributed by atoms with van der Waals surface area (Å²) < 4.78 is 5.20. The van der Waals surface area contributed by atoms with Gasteiger partial charge >= 0.3 is 0 Å². The van der Waals surface area contributed by atoms with Gasteiger partial charge in [0, 0.05) is 58.0 Å². The van der Waals surface area contributed by atoms with Gasteiger partial charge in [0.05, 0.1) is 12.8 Å². The van der Waals surface area contributed by atoms with Gasteiger partial charge < -0.3 is 19.1 Å². The van der Waals surface area contributed by atoms with Gasteiger partial charge in [-0.05, 0) is 36.8 Å². The highest BCUT2D eigenvalue weighted by Gasteiger charge is 2.27. The van der Waals surface area contributed by atoms with Gasteiger partial charge in [-0.25, -0.2) is 0 Å². The number of hydrogen-bond donors (Lipinski definition) is 0. The zero-order valence-electron chi connectivity index (χ0n) is 16.9. The van der Waals surface area contributed by atoms with Crippen LogP contribution in [0.3, 0.4) is 0 Å². The molecule has 2 saturated heterocycles. The van der Waals surface area contributed by atoms with Crippen LogP contribution in [-0.2, 0) is 4.79 Å². The van der Waals surface area contributed by atoms with Crippen molar-refractivity contribution in [3.05, 3.63) is 54.0 Å². The lowest BCUT2D eigenvalue weighted by Gasteiger charge is -2.38. The van der Waals surface area contributed by atoms with E-state index in [2.05, 4.69) is 41.0 Å². The molecule has 7 heteroatoms. The van der Waals surface area contributed by atoms with Gasteiger partial charge in [-0.15, -0.1) is 0 Å². The van der Waals surface area contributed by atoms with Crippen molar-refractivity contribution in [3.8, 4) is 0 Å². The number of furan rings is 1. The molecule has 0 atom stereocenters. The van der Waals surface area contributed by atoms with Gasteiger partial charge in [-0.2, -0.15) is 0 Å². The Kier molecular flexibility index (Phi) is 5.85. The highest BCUT2D eigenvalue weighted by Crippen LogP contribution is 2.18. The summed E-state index contributed by atoms with van der Waals surface area (Å²) in [4.78, 5) is 33.3. The number of piperazine rings is 2. The smallest absolute Gasteiger partial charge is 0.289 e. The summed E-state index contributed by atoms with van der Waals surface area (Å²) in [7, 11) is 0. The summed E-state index contributed by atoms with van der Waals surface area (Å²) in [5, 5.41) is 0. The van der Waals surface area contributed by atoms with Crippen molar-refractivity contribution >= 4 is 17.5 Å². The van der Waals surface area contributed by atoms with Crippen molar-refractivity contribution < 1.29 is 14.0 Å². The first-order chi connectivity index (χ1) is 14.1. The maximum absolute atomic E-state index is 12.7. The molecule has 1 aromatic heterocycles. The number of benzene rings is 1. The minimum atomic E-state index is -0.0757. The topological polar surface area (TPSA) is 60.2 Å². The molecule has 3 heterocycles. The molecule has 0 N–H and O–H groups in total. The third kappa shape index (κ3) is 4.62. The lowest BCUT2D eigenvalue weighted by atomic mass is 10.2. The Bertz CT molecular complexity index is 836. The van der Waals surface area contributed by atoms with Crippen LogP contribution in [0.15, 0.2) is 47.1 Å². The Morgan fingerprint density at radius 1 is 0.897 bits per heavy atom. The molecule has 4 rings (SSSR count). The number of carbonyl (C=O) groups excluding carboxylic acids is 2. The quantitative estimate of drug-likeness (QED) is 0.787. The average molecular weight is 396 g/mol. The number of amides is 2. The van der Waals surface area contributed by atoms with Crippen LogP contribution in [0.5, 0.6) is 0 Å². The van der Waals surface area contributed by atoms with Crippen molar-refractivity contribution in [3.63, 3.8) is 0 Å². The average Bonchev–Trinajstić information content (AvgIpc) is 3.29. The predicted octanol–water partition coefficient (Wildman–Crippen LogP) is 1.69. The van der Waals surface area contributed by atoms with Gasteiger partial charge in [0.25, 0.3) is 5.91 Å². The molecule has 0 unspecified atom stereocenters.